The molecular formula is C13H20N4O4. The lowest BCUT2D eigenvalue weighted by molar-refractivity contribution is -0.136. The van der Waals surface area contributed by atoms with Crippen LogP contribution >= 0.6 is 0 Å². The van der Waals surface area contributed by atoms with Gasteiger partial charge in [0.05, 0.1) is 13.2 Å². The van der Waals surface area contributed by atoms with Crippen LogP contribution in [0.1, 0.15) is 19.3 Å². The van der Waals surface area contributed by atoms with Crippen LogP contribution in [0, 0.1) is 0 Å². The highest BCUT2D eigenvalue weighted by molar-refractivity contribution is 6.07. The average Bonchev–Trinajstić information content (AvgIpc) is 2.74. The zero-order valence-corrected chi connectivity index (χ0v) is 11.8. The molecule has 8 heteroatoms. The number of hydrogen-bond acceptors (Lipinski definition) is 5. The molecule has 1 unspecified atom stereocenters. The number of carbonyl (C=O) groups excluding carboxylic acids is 3. The van der Waals surface area contributed by atoms with Gasteiger partial charge in [-0.15, -0.1) is 0 Å². The van der Waals surface area contributed by atoms with Crippen LogP contribution in [-0.4, -0.2) is 67.2 Å². The van der Waals surface area contributed by atoms with Gasteiger partial charge in [0.2, 0.25) is 5.91 Å². The van der Waals surface area contributed by atoms with E-state index in [0.717, 1.165) is 6.54 Å². The molecule has 3 heterocycles. The lowest BCUT2D eigenvalue weighted by Gasteiger charge is -2.37. The third-order valence-electron chi connectivity index (χ3n) is 4.40. The van der Waals surface area contributed by atoms with Gasteiger partial charge in [-0.05, 0) is 12.8 Å². The minimum absolute atomic E-state index is 0.0663. The molecule has 3 aliphatic rings. The molecular weight excluding hydrogens is 276 g/mol. The van der Waals surface area contributed by atoms with Crippen molar-refractivity contribution in [1.29, 1.82) is 0 Å². The normalized spacial score (nSPS) is 28.4. The first-order chi connectivity index (χ1) is 10.1. The first-order valence-electron chi connectivity index (χ1n) is 7.32. The number of nitrogens with zero attached hydrogens (tertiary/aromatic N) is 1. The molecule has 3 fully saturated rings. The number of piperidine rings is 1. The number of nitrogens with one attached hydrogen (secondary N) is 3. The Hall–Kier alpha value is -1.67. The Morgan fingerprint density at radius 1 is 1.33 bits per heavy atom. The van der Waals surface area contributed by atoms with Gasteiger partial charge >= 0.3 is 6.03 Å². The van der Waals surface area contributed by atoms with Gasteiger partial charge in [-0.2, -0.15) is 0 Å². The van der Waals surface area contributed by atoms with Crippen LogP contribution in [-0.2, 0) is 14.3 Å². The molecule has 0 aliphatic carbocycles. The maximum atomic E-state index is 12.3. The van der Waals surface area contributed by atoms with Gasteiger partial charge < -0.3 is 20.3 Å². The van der Waals surface area contributed by atoms with Crippen molar-refractivity contribution in [1.82, 2.24) is 20.9 Å². The van der Waals surface area contributed by atoms with E-state index in [9.17, 15) is 14.4 Å². The number of ether oxygens (including phenoxy) is 1. The molecule has 0 aromatic heterocycles. The molecule has 0 aromatic carbocycles. The topological polar surface area (TPSA) is 99.8 Å². The summed E-state index contributed by atoms with van der Waals surface area (Å²) in [5, 5.41) is 8.21. The number of imide groups is 1. The van der Waals surface area contributed by atoms with Crippen molar-refractivity contribution < 1.29 is 19.1 Å². The van der Waals surface area contributed by atoms with E-state index >= 15 is 0 Å². The highest BCUT2D eigenvalue weighted by Gasteiger charge is 2.48. The Kier molecular flexibility index (Phi) is 3.81. The van der Waals surface area contributed by atoms with E-state index in [1.807, 2.05) is 0 Å². The number of morpholine rings is 1. The first kappa shape index (κ1) is 14.3. The number of amides is 4. The second kappa shape index (κ2) is 5.61. The summed E-state index contributed by atoms with van der Waals surface area (Å²) in [6, 6.07) is -0.375. The summed E-state index contributed by atoms with van der Waals surface area (Å²) >= 11 is 0. The number of urea groups is 1. The van der Waals surface area contributed by atoms with Gasteiger partial charge in [-0.25, -0.2) is 4.79 Å². The van der Waals surface area contributed by atoms with Crippen molar-refractivity contribution in [2.24, 2.45) is 0 Å². The molecule has 8 nitrogen and oxygen atoms in total. The molecule has 3 saturated heterocycles. The van der Waals surface area contributed by atoms with Gasteiger partial charge in [-0.3, -0.25) is 14.9 Å². The Morgan fingerprint density at radius 2 is 2.10 bits per heavy atom. The highest BCUT2D eigenvalue weighted by Crippen LogP contribution is 2.25. The largest absolute Gasteiger partial charge is 0.378 e. The summed E-state index contributed by atoms with van der Waals surface area (Å²) < 4.78 is 5.34. The second-order valence-corrected chi connectivity index (χ2v) is 5.80. The molecule has 0 aromatic rings. The van der Waals surface area contributed by atoms with E-state index in [-0.39, 0.29) is 17.9 Å². The Balaban J connectivity index is 1.52. The van der Waals surface area contributed by atoms with Crippen molar-refractivity contribution >= 4 is 17.8 Å². The van der Waals surface area contributed by atoms with E-state index in [0.29, 0.717) is 45.6 Å². The lowest BCUT2D eigenvalue weighted by atomic mass is 9.87. The predicted octanol–water partition coefficient (Wildman–Crippen LogP) is -1.43. The fourth-order valence-corrected chi connectivity index (χ4v) is 3.11. The maximum Gasteiger partial charge on any atom is 0.322 e. The Bertz CT molecular complexity index is 453. The summed E-state index contributed by atoms with van der Waals surface area (Å²) in [5.74, 6) is -0.209. The van der Waals surface area contributed by atoms with Crippen LogP contribution in [0.5, 0.6) is 0 Å². The van der Waals surface area contributed by atoms with Gasteiger partial charge in [0.1, 0.15) is 5.54 Å². The monoisotopic (exact) mass is 296 g/mol. The fraction of sp³-hybridized carbons (Fsp3) is 0.769. The molecule has 116 valence electrons. The van der Waals surface area contributed by atoms with E-state index in [1.165, 1.54) is 0 Å². The minimum Gasteiger partial charge on any atom is -0.378 e. The smallest absolute Gasteiger partial charge is 0.322 e. The molecule has 3 N–H and O–H groups in total. The van der Waals surface area contributed by atoms with E-state index in [4.69, 9.17) is 4.74 Å². The molecule has 4 amide bonds. The van der Waals surface area contributed by atoms with Gasteiger partial charge in [0, 0.05) is 32.1 Å². The standard InChI is InChI=1S/C13H20N4O4/c18-10(7-9-8-21-6-3-14-9)17-4-1-13(2-5-17)11(19)15-12(20)16-13/h9,14H,1-8H2,(H2,15,16,19,20). The zero-order valence-electron chi connectivity index (χ0n) is 11.8. The number of likely N-dealkylation sites (tertiary alicyclic amines) is 1. The highest BCUT2D eigenvalue weighted by atomic mass is 16.5. The molecule has 0 radical (unpaired) electrons. The van der Waals surface area contributed by atoms with Crippen LogP contribution in [0.25, 0.3) is 0 Å². The molecule has 1 spiro atoms. The molecule has 3 aliphatic heterocycles. The van der Waals surface area contributed by atoms with Crippen LogP contribution in [0.2, 0.25) is 0 Å². The summed E-state index contributed by atoms with van der Waals surface area (Å²) in [4.78, 5) is 37.1. The van der Waals surface area contributed by atoms with Crippen molar-refractivity contribution in [2.75, 3.05) is 32.8 Å². The van der Waals surface area contributed by atoms with E-state index < -0.39 is 11.6 Å². The predicted molar refractivity (Wildman–Crippen MR) is 72.4 cm³/mol. The van der Waals surface area contributed by atoms with E-state index in [2.05, 4.69) is 16.0 Å². The third-order valence-corrected chi connectivity index (χ3v) is 4.40. The molecule has 21 heavy (non-hydrogen) atoms. The average molecular weight is 296 g/mol. The van der Waals surface area contributed by atoms with Crippen molar-refractivity contribution in [3.63, 3.8) is 0 Å². The third kappa shape index (κ3) is 2.86. The second-order valence-electron chi connectivity index (χ2n) is 5.80. The summed E-state index contributed by atoms with van der Waals surface area (Å²) in [6.07, 6.45) is 1.33. The summed E-state index contributed by atoms with van der Waals surface area (Å²) in [6.45, 7) is 2.99. The van der Waals surface area contributed by atoms with Crippen LogP contribution in [0.3, 0.4) is 0 Å². The minimum atomic E-state index is -0.819. The number of rotatable bonds is 2. The van der Waals surface area contributed by atoms with Gasteiger partial charge in [0.25, 0.3) is 5.91 Å². The van der Waals surface area contributed by atoms with Crippen molar-refractivity contribution in [3.8, 4) is 0 Å². The Morgan fingerprint density at radius 3 is 2.67 bits per heavy atom. The Labute approximate surface area is 122 Å². The summed E-state index contributed by atoms with van der Waals surface area (Å²) in [7, 11) is 0. The molecule has 0 bridgehead atoms. The van der Waals surface area contributed by atoms with Crippen LogP contribution < -0.4 is 16.0 Å². The van der Waals surface area contributed by atoms with Crippen LogP contribution in [0.4, 0.5) is 4.79 Å². The summed E-state index contributed by atoms with van der Waals surface area (Å²) in [5.41, 5.74) is -0.819. The molecule has 1 atom stereocenters. The molecule has 0 saturated carbocycles. The van der Waals surface area contributed by atoms with Gasteiger partial charge in [-0.1, -0.05) is 0 Å². The van der Waals surface area contributed by atoms with Crippen molar-refractivity contribution in [3.05, 3.63) is 0 Å². The fourth-order valence-electron chi connectivity index (χ4n) is 3.11. The van der Waals surface area contributed by atoms with Crippen LogP contribution in [0.15, 0.2) is 0 Å². The maximum absolute atomic E-state index is 12.3. The number of hydrogen-bond donors (Lipinski definition) is 3. The quantitative estimate of drug-likeness (QED) is 0.542. The van der Waals surface area contributed by atoms with Crippen molar-refractivity contribution in [2.45, 2.75) is 30.8 Å². The first-order valence-corrected chi connectivity index (χ1v) is 7.32. The molecule has 3 rings (SSSR count). The zero-order chi connectivity index (χ0) is 14.9. The van der Waals surface area contributed by atoms with Gasteiger partial charge in [0.15, 0.2) is 0 Å². The number of carbonyl (C=O) groups is 3. The SMILES string of the molecule is O=C1NC(=O)C2(CCN(C(=O)CC3COCCN3)CC2)N1. The lowest BCUT2D eigenvalue weighted by Crippen LogP contribution is -2.56. The van der Waals surface area contributed by atoms with E-state index in [1.54, 1.807) is 4.90 Å².